The molecule has 3 rings (SSSR count). The van der Waals surface area contributed by atoms with E-state index in [1.807, 2.05) is 19.3 Å². The monoisotopic (exact) mass is 253 g/mol. The number of benzene rings is 1. The summed E-state index contributed by atoms with van der Waals surface area (Å²) in [6.07, 6.45) is 5.35. The van der Waals surface area contributed by atoms with Gasteiger partial charge in [0.05, 0.1) is 36.7 Å². The second-order valence-electron chi connectivity index (χ2n) is 4.39. The Kier molecular flexibility index (Phi) is 3.02. The Labute approximate surface area is 111 Å². The van der Waals surface area contributed by atoms with E-state index in [-0.39, 0.29) is 0 Å². The quantitative estimate of drug-likeness (QED) is 0.669. The highest BCUT2D eigenvalue weighted by Gasteiger charge is 2.00. The van der Waals surface area contributed by atoms with Crippen molar-refractivity contribution < 1.29 is 0 Å². The van der Waals surface area contributed by atoms with Crippen LogP contribution < -0.4 is 5.32 Å². The fraction of sp³-hybridized carbons (Fsp3) is 0.143. The summed E-state index contributed by atoms with van der Waals surface area (Å²) in [5.41, 5.74) is 4.31. The molecule has 0 aliphatic heterocycles. The summed E-state index contributed by atoms with van der Waals surface area (Å²) < 4.78 is 0. The molecule has 19 heavy (non-hydrogen) atoms. The lowest BCUT2D eigenvalue weighted by Gasteiger charge is -2.05. The van der Waals surface area contributed by atoms with Crippen LogP contribution in [-0.2, 0) is 6.54 Å². The van der Waals surface area contributed by atoms with E-state index in [1.54, 1.807) is 6.33 Å². The average molecular weight is 253 g/mol. The predicted octanol–water partition coefficient (Wildman–Crippen LogP) is 2.72. The van der Waals surface area contributed by atoms with E-state index < -0.39 is 0 Å². The molecule has 3 N–H and O–H groups in total. The van der Waals surface area contributed by atoms with Crippen LogP contribution in [0.1, 0.15) is 11.5 Å². The van der Waals surface area contributed by atoms with Gasteiger partial charge >= 0.3 is 0 Å². The van der Waals surface area contributed by atoms with Crippen molar-refractivity contribution in [2.24, 2.45) is 0 Å². The molecule has 5 heteroatoms. The van der Waals surface area contributed by atoms with Gasteiger partial charge in [-0.15, -0.1) is 0 Å². The van der Waals surface area contributed by atoms with Crippen LogP contribution in [-0.4, -0.2) is 19.9 Å². The van der Waals surface area contributed by atoms with Crippen LogP contribution >= 0.6 is 0 Å². The van der Waals surface area contributed by atoms with E-state index in [2.05, 4.69) is 49.5 Å². The van der Waals surface area contributed by atoms with Gasteiger partial charge in [0.2, 0.25) is 0 Å². The van der Waals surface area contributed by atoms with Gasteiger partial charge in [-0.3, -0.25) is 0 Å². The molecule has 0 unspecified atom stereocenters. The van der Waals surface area contributed by atoms with E-state index in [4.69, 9.17) is 0 Å². The number of hydrogen-bond acceptors (Lipinski definition) is 3. The fourth-order valence-electron chi connectivity index (χ4n) is 1.94. The molecule has 96 valence electrons. The minimum atomic E-state index is 0.740. The number of aryl methyl sites for hydroxylation is 1. The maximum absolute atomic E-state index is 4.17. The lowest BCUT2D eigenvalue weighted by Crippen LogP contribution is -1.99. The van der Waals surface area contributed by atoms with Gasteiger partial charge in [-0.25, -0.2) is 9.97 Å². The first-order valence-corrected chi connectivity index (χ1v) is 6.14. The normalized spacial score (nSPS) is 10.6. The van der Waals surface area contributed by atoms with Crippen LogP contribution in [0.5, 0.6) is 0 Å². The second-order valence-corrected chi connectivity index (χ2v) is 4.39. The van der Waals surface area contributed by atoms with Gasteiger partial charge in [-0.1, -0.05) is 12.1 Å². The minimum absolute atomic E-state index is 0.740. The van der Waals surface area contributed by atoms with E-state index in [9.17, 15) is 0 Å². The van der Waals surface area contributed by atoms with Crippen molar-refractivity contribution in [3.63, 3.8) is 0 Å². The van der Waals surface area contributed by atoms with Crippen molar-refractivity contribution in [2.45, 2.75) is 13.5 Å². The van der Waals surface area contributed by atoms with Crippen LogP contribution in [0.15, 0.2) is 43.0 Å². The van der Waals surface area contributed by atoms with Crippen LogP contribution in [0.2, 0.25) is 0 Å². The van der Waals surface area contributed by atoms with Crippen LogP contribution in [0.4, 0.5) is 5.69 Å². The molecule has 2 aromatic heterocycles. The molecule has 0 atom stereocenters. The van der Waals surface area contributed by atoms with Crippen molar-refractivity contribution in [3.8, 4) is 11.3 Å². The van der Waals surface area contributed by atoms with E-state index in [0.717, 1.165) is 35.0 Å². The van der Waals surface area contributed by atoms with Gasteiger partial charge in [0.1, 0.15) is 5.82 Å². The van der Waals surface area contributed by atoms with Crippen LogP contribution in [0.3, 0.4) is 0 Å². The zero-order chi connectivity index (χ0) is 13.1. The number of hydrogen-bond donors (Lipinski definition) is 3. The topological polar surface area (TPSA) is 69.4 Å². The van der Waals surface area contributed by atoms with Gasteiger partial charge in [0, 0.05) is 5.69 Å². The van der Waals surface area contributed by atoms with Crippen LogP contribution in [0, 0.1) is 6.92 Å². The summed E-state index contributed by atoms with van der Waals surface area (Å²) in [7, 11) is 0. The molecule has 0 bridgehead atoms. The van der Waals surface area contributed by atoms with Crippen LogP contribution in [0.25, 0.3) is 11.3 Å². The van der Waals surface area contributed by atoms with Crippen molar-refractivity contribution in [2.75, 3.05) is 5.32 Å². The molecule has 0 amide bonds. The van der Waals surface area contributed by atoms with Crippen molar-refractivity contribution in [1.82, 2.24) is 19.9 Å². The molecule has 0 aliphatic carbocycles. The molecule has 0 saturated carbocycles. The first-order valence-electron chi connectivity index (χ1n) is 6.14. The first kappa shape index (κ1) is 11.5. The lowest BCUT2D eigenvalue weighted by molar-refractivity contribution is 1.05. The summed E-state index contributed by atoms with van der Waals surface area (Å²) in [6.45, 7) is 2.69. The zero-order valence-electron chi connectivity index (χ0n) is 10.6. The molecule has 5 nitrogen and oxygen atoms in total. The Bertz CT molecular complexity index is 637. The Balaban J connectivity index is 1.66. The number of nitrogens with zero attached hydrogens (tertiary/aromatic N) is 2. The number of aromatic nitrogens is 4. The Morgan fingerprint density at radius 1 is 1.16 bits per heavy atom. The maximum atomic E-state index is 4.17. The highest BCUT2D eigenvalue weighted by Crippen LogP contribution is 2.18. The molecule has 2 heterocycles. The number of H-pyrrole nitrogens is 2. The molecule has 3 aromatic rings. The number of nitrogens with one attached hydrogen (secondary N) is 3. The zero-order valence-corrected chi connectivity index (χ0v) is 10.6. The van der Waals surface area contributed by atoms with Gasteiger partial charge in [-0.05, 0) is 24.6 Å². The molecule has 0 radical (unpaired) electrons. The summed E-state index contributed by atoms with van der Waals surface area (Å²) in [6, 6.07) is 8.24. The molecular weight excluding hydrogens is 238 g/mol. The molecular formula is C14H15N5. The summed E-state index contributed by atoms with van der Waals surface area (Å²) in [4.78, 5) is 14.5. The van der Waals surface area contributed by atoms with Crippen molar-refractivity contribution >= 4 is 5.69 Å². The second kappa shape index (κ2) is 4.97. The lowest BCUT2D eigenvalue weighted by atomic mass is 10.1. The number of aromatic amines is 2. The van der Waals surface area contributed by atoms with E-state index in [1.165, 1.54) is 0 Å². The van der Waals surface area contributed by atoms with Gasteiger partial charge in [0.15, 0.2) is 0 Å². The minimum Gasteiger partial charge on any atom is -0.379 e. The standard InChI is InChI=1S/C14H15N5/c1-10-16-6-13(19-10)7-17-12-4-2-11(3-5-12)14-8-15-9-18-14/h2-6,8-9,17H,7H2,1H3,(H,15,18)(H,16,19). The van der Waals surface area contributed by atoms with Crippen molar-refractivity contribution in [1.29, 1.82) is 0 Å². The largest absolute Gasteiger partial charge is 0.379 e. The summed E-state index contributed by atoms with van der Waals surface area (Å²) in [5.74, 6) is 0.936. The van der Waals surface area contributed by atoms with Crippen molar-refractivity contribution in [3.05, 3.63) is 54.5 Å². The number of imidazole rings is 2. The molecule has 1 aromatic carbocycles. The first-order chi connectivity index (χ1) is 9.31. The third-order valence-electron chi connectivity index (χ3n) is 2.93. The number of rotatable bonds is 4. The smallest absolute Gasteiger partial charge is 0.103 e. The fourth-order valence-corrected chi connectivity index (χ4v) is 1.94. The van der Waals surface area contributed by atoms with E-state index >= 15 is 0 Å². The Hall–Kier alpha value is -2.56. The molecule has 0 fully saturated rings. The Morgan fingerprint density at radius 2 is 2.00 bits per heavy atom. The Morgan fingerprint density at radius 3 is 2.63 bits per heavy atom. The van der Waals surface area contributed by atoms with Gasteiger partial charge in [0.25, 0.3) is 0 Å². The molecule has 0 saturated heterocycles. The third-order valence-corrected chi connectivity index (χ3v) is 2.93. The average Bonchev–Trinajstić information content (AvgIpc) is 3.08. The SMILES string of the molecule is Cc1ncc(CNc2ccc(-c3cnc[nH]3)cc2)[nH]1. The maximum Gasteiger partial charge on any atom is 0.103 e. The highest BCUT2D eigenvalue weighted by atomic mass is 15.0. The van der Waals surface area contributed by atoms with Gasteiger partial charge in [-0.2, -0.15) is 0 Å². The molecule has 0 spiro atoms. The third kappa shape index (κ3) is 2.65. The molecule has 0 aliphatic rings. The van der Waals surface area contributed by atoms with Gasteiger partial charge < -0.3 is 15.3 Å². The summed E-state index contributed by atoms with van der Waals surface area (Å²) >= 11 is 0. The number of anilines is 1. The summed E-state index contributed by atoms with van der Waals surface area (Å²) in [5, 5.41) is 3.35. The highest BCUT2D eigenvalue weighted by molar-refractivity contribution is 5.61. The predicted molar refractivity (Wildman–Crippen MR) is 74.7 cm³/mol. The van der Waals surface area contributed by atoms with E-state index in [0.29, 0.717) is 0 Å².